The molecular weight excluding hydrogens is 244 g/mol. The molecule has 1 aromatic carbocycles. The zero-order valence-corrected chi connectivity index (χ0v) is 9.76. The number of halogens is 1. The molecule has 0 aromatic heterocycles. The number of nitrogens with two attached hydrogens (primary N) is 1. The van der Waals surface area contributed by atoms with Gasteiger partial charge in [0.15, 0.2) is 0 Å². The van der Waals surface area contributed by atoms with Gasteiger partial charge in [-0.05, 0) is 47.5 Å². The second-order valence-corrected chi connectivity index (χ2v) is 4.12. The number of amides is 1. The summed E-state index contributed by atoms with van der Waals surface area (Å²) in [5.74, 6) is -0.186. The van der Waals surface area contributed by atoms with Crippen molar-refractivity contribution >= 4 is 27.5 Å². The molecular formula is C10H13BrN2O. The van der Waals surface area contributed by atoms with Crippen LogP contribution in [-0.4, -0.2) is 11.9 Å². The first-order chi connectivity index (χ1) is 6.50. The molecule has 0 bridgehead atoms. The van der Waals surface area contributed by atoms with E-state index in [4.69, 9.17) is 5.73 Å². The van der Waals surface area contributed by atoms with Gasteiger partial charge < -0.3 is 11.1 Å². The Morgan fingerprint density at radius 2 is 2.21 bits per heavy atom. The van der Waals surface area contributed by atoms with E-state index in [-0.39, 0.29) is 5.91 Å². The van der Waals surface area contributed by atoms with Gasteiger partial charge in [-0.15, -0.1) is 0 Å². The minimum atomic E-state index is -0.497. The molecule has 0 heterocycles. The Labute approximate surface area is 91.8 Å². The summed E-state index contributed by atoms with van der Waals surface area (Å²) in [6.45, 7) is 3.64. The maximum Gasteiger partial charge on any atom is 0.241 e. The molecule has 1 atom stereocenters. The summed E-state index contributed by atoms with van der Waals surface area (Å²) >= 11 is 3.37. The summed E-state index contributed by atoms with van der Waals surface area (Å²) in [5, 5.41) is 2.73. The minimum absolute atomic E-state index is 0.186. The second kappa shape index (κ2) is 4.57. The Morgan fingerprint density at radius 3 is 2.71 bits per heavy atom. The van der Waals surface area contributed by atoms with Gasteiger partial charge in [0.05, 0.1) is 11.7 Å². The molecule has 0 unspecified atom stereocenters. The van der Waals surface area contributed by atoms with E-state index in [0.29, 0.717) is 0 Å². The molecule has 3 nitrogen and oxygen atoms in total. The summed E-state index contributed by atoms with van der Waals surface area (Å²) in [4.78, 5) is 11.3. The van der Waals surface area contributed by atoms with Crippen molar-refractivity contribution in [2.45, 2.75) is 19.9 Å². The van der Waals surface area contributed by atoms with Crippen LogP contribution in [0, 0.1) is 6.92 Å². The van der Waals surface area contributed by atoms with Gasteiger partial charge in [0, 0.05) is 4.47 Å². The molecule has 0 saturated carbocycles. The van der Waals surface area contributed by atoms with E-state index < -0.39 is 6.04 Å². The number of carbonyl (C=O) groups is 1. The fourth-order valence-corrected chi connectivity index (χ4v) is 1.56. The zero-order valence-electron chi connectivity index (χ0n) is 8.17. The van der Waals surface area contributed by atoms with Crippen LogP contribution in [0.15, 0.2) is 22.7 Å². The number of aryl methyl sites for hydroxylation is 1. The van der Waals surface area contributed by atoms with Crippen molar-refractivity contribution in [1.29, 1.82) is 0 Å². The van der Waals surface area contributed by atoms with Crippen molar-refractivity contribution in [3.05, 3.63) is 28.2 Å². The molecule has 76 valence electrons. The van der Waals surface area contributed by atoms with Crippen molar-refractivity contribution in [1.82, 2.24) is 0 Å². The highest BCUT2D eigenvalue weighted by atomic mass is 79.9. The Hall–Kier alpha value is -0.870. The molecule has 3 N–H and O–H groups in total. The lowest BCUT2D eigenvalue weighted by atomic mass is 10.2. The van der Waals surface area contributed by atoms with Crippen LogP contribution >= 0.6 is 15.9 Å². The van der Waals surface area contributed by atoms with Crippen molar-refractivity contribution in [2.24, 2.45) is 5.73 Å². The molecule has 0 fully saturated rings. The predicted molar refractivity (Wildman–Crippen MR) is 61.2 cm³/mol. The third-order valence-electron chi connectivity index (χ3n) is 1.80. The van der Waals surface area contributed by atoms with Crippen LogP contribution in [0.5, 0.6) is 0 Å². The SMILES string of the molecule is Cc1ccc(NC(=O)[C@@H](C)N)c(Br)c1. The van der Waals surface area contributed by atoms with Gasteiger partial charge in [0.2, 0.25) is 5.91 Å². The number of nitrogens with one attached hydrogen (secondary N) is 1. The van der Waals surface area contributed by atoms with Gasteiger partial charge in [0.1, 0.15) is 0 Å². The number of rotatable bonds is 2. The molecule has 0 spiro atoms. The normalized spacial score (nSPS) is 12.3. The van der Waals surface area contributed by atoms with Gasteiger partial charge in [-0.25, -0.2) is 0 Å². The lowest BCUT2D eigenvalue weighted by Gasteiger charge is -2.09. The average Bonchev–Trinajstić information content (AvgIpc) is 2.09. The first kappa shape index (κ1) is 11.2. The lowest BCUT2D eigenvalue weighted by Crippen LogP contribution is -2.32. The maximum atomic E-state index is 11.3. The third-order valence-corrected chi connectivity index (χ3v) is 2.45. The molecule has 0 aliphatic carbocycles. The minimum Gasteiger partial charge on any atom is -0.324 e. The maximum absolute atomic E-state index is 11.3. The second-order valence-electron chi connectivity index (χ2n) is 3.26. The van der Waals surface area contributed by atoms with Crippen LogP contribution in [-0.2, 0) is 4.79 Å². The Balaban J connectivity index is 2.82. The quantitative estimate of drug-likeness (QED) is 0.851. The predicted octanol–water partition coefficient (Wildman–Crippen LogP) is 2.04. The van der Waals surface area contributed by atoms with Crippen LogP contribution in [0.4, 0.5) is 5.69 Å². The van der Waals surface area contributed by atoms with Crippen LogP contribution in [0.2, 0.25) is 0 Å². The summed E-state index contributed by atoms with van der Waals surface area (Å²) in [6.07, 6.45) is 0. The van der Waals surface area contributed by atoms with Crippen molar-refractivity contribution in [3.8, 4) is 0 Å². The van der Waals surface area contributed by atoms with Gasteiger partial charge in [-0.2, -0.15) is 0 Å². The summed E-state index contributed by atoms with van der Waals surface area (Å²) in [6, 6.07) is 5.22. The zero-order chi connectivity index (χ0) is 10.7. The highest BCUT2D eigenvalue weighted by molar-refractivity contribution is 9.10. The first-order valence-corrected chi connectivity index (χ1v) is 5.12. The summed E-state index contributed by atoms with van der Waals surface area (Å²) in [7, 11) is 0. The number of hydrogen-bond acceptors (Lipinski definition) is 2. The number of hydrogen-bond donors (Lipinski definition) is 2. The standard InChI is InChI=1S/C10H13BrN2O/c1-6-3-4-9(8(11)5-6)13-10(14)7(2)12/h3-5,7H,12H2,1-2H3,(H,13,14)/t7-/m1/s1. The van der Waals surface area contributed by atoms with E-state index in [2.05, 4.69) is 21.2 Å². The molecule has 0 radical (unpaired) electrons. The van der Waals surface area contributed by atoms with Crippen LogP contribution in [0.1, 0.15) is 12.5 Å². The molecule has 0 aliphatic heterocycles. The van der Waals surface area contributed by atoms with E-state index >= 15 is 0 Å². The van der Waals surface area contributed by atoms with Gasteiger partial charge in [-0.1, -0.05) is 6.07 Å². The van der Waals surface area contributed by atoms with Crippen molar-refractivity contribution in [3.63, 3.8) is 0 Å². The smallest absolute Gasteiger partial charge is 0.241 e. The van der Waals surface area contributed by atoms with E-state index in [9.17, 15) is 4.79 Å². The molecule has 1 rings (SSSR count). The van der Waals surface area contributed by atoms with Crippen molar-refractivity contribution < 1.29 is 4.79 Å². The van der Waals surface area contributed by atoms with Crippen molar-refractivity contribution in [2.75, 3.05) is 5.32 Å². The molecule has 0 aliphatic rings. The van der Waals surface area contributed by atoms with Crippen LogP contribution < -0.4 is 11.1 Å². The molecule has 1 amide bonds. The number of anilines is 1. The number of benzene rings is 1. The molecule has 1 aromatic rings. The topological polar surface area (TPSA) is 55.1 Å². The largest absolute Gasteiger partial charge is 0.324 e. The highest BCUT2D eigenvalue weighted by Crippen LogP contribution is 2.23. The lowest BCUT2D eigenvalue weighted by molar-refractivity contribution is -0.117. The first-order valence-electron chi connectivity index (χ1n) is 4.33. The number of carbonyl (C=O) groups excluding carboxylic acids is 1. The summed E-state index contributed by atoms with van der Waals surface area (Å²) in [5.41, 5.74) is 7.32. The summed E-state index contributed by atoms with van der Waals surface area (Å²) < 4.78 is 0.867. The fraction of sp³-hybridized carbons (Fsp3) is 0.300. The Bertz CT molecular complexity index is 350. The van der Waals surface area contributed by atoms with E-state index in [1.807, 2.05) is 25.1 Å². The molecule has 14 heavy (non-hydrogen) atoms. The fourth-order valence-electron chi connectivity index (χ4n) is 0.968. The van der Waals surface area contributed by atoms with E-state index in [1.54, 1.807) is 6.92 Å². The van der Waals surface area contributed by atoms with E-state index in [0.717, 1.165) is 15.7 Å². The average molecular weight is 257 g/mol. The van der Waals surface area contributed by atoms with E-state index in [1.165, 1.54) is 0 Å². The monoisotopic (exact) mass is 256 g/mol. The Morgan fingerprint density at radius 1 is 1.57 bits per heavy atom. The van der Waals surface area contributed by atoms with Gasteiger partial charge in [-0.3, -0.25) is 4.79 Å². The Kier molecular flexibility index (Phi) is 3.66. The van der Waals surface area contributed by atoms with Crippen LogP contribution in [0.3, 0.4) is 0 Å². The van der Waals surface area contributed by atoms with Gasteiger partial charge >= 0.3 is 0 Å². The van der Waals surface area contributed by atoms with Gasteiger partial charge in [0.25, 0.3) is 0 Å². The third kappa shape index (κ3) is 2.82. The van der Waals surface area contributed by atoms with Crippen LogP contribution in [0.25, 0.3) is 0 Å². The highest BCUT2D eigenvalue weighted by Gasteiger charge is 2.09. The molecule has 0 saturated heterocycles. The molecule has 4 heteroatoms.